The Morgan fingerprint density at radius 2 is 2.00 bits per heavy atom. The molecule has 37 heavy (non-hydrogen) atoms. The predicted molar refractivity (Wildman–Crippen MR) is 142 cm³/mol. The number of ether oxygens (including phenoxy) is 1. The van der Waals surface area contributed by atoms with Crippen molar-refractivity contribution in [3.63, 3.8) is 0 Å². The molecule has 4 rings (SSSR count). The molecule has 2 N–H and O–H groups in total. The van der Waals surface area contributed by atoms with Crippen LogP contribution < -0.4 is 10.1 Å². The molecule has 0 saturated heterocycles. The molecule has 0 bridgehead atoms. The van der Waals surface area contributed by atoms with Crippen LogP contribution in [0, 0.1) is 18.7 Å². The summed E-state index contributed by atoms with van der Waals surface area (Å²) < 4.78 is 34.1. The third-order valence-corrected chi connectivity index (χ3v) is 7.74. The Balaban J connectivity index is 1.75. The van der Waals surface area contributed by atoms with Crippen LogP contribution in [0.15, 0.2) is 42.0 Å². The average Bonchev–Trinajstić information content (AvgIpc) is 3.21. The number of carbonyl (C=O) groups is 1. The third kappa shape index (κ3) is 5.58. The Bertz CT molecular complexity index is 1180. The average molecular weight is 513 g/mol. The molecule has 200 valence electrons. The molecular formula is C30H38F2N2O3. The first-order valence-corrected chi connectivity index (χ1v) is 13.1. The molecule has 2 aliphatic rings. The molecule has 5 nitrogen and oxygen atoms in total. The van der Waals surface area contributed by atoms with Gasteiger partial charge in [0.15, 0.2) is 0 Å². The molecule has 0 saturated carbocycles. The number of alkyl halides is 1. The Hall–Kier alpha value is -2.77. The zero-order chi connectivity index (χ0) is 26.7. The van der Waals surface area contributed by atoms with Crippen molar-refractivity contribution in [1.29, 1.82) is 0 Å². The largest absolute Gasteiger partial charge is 0.492 e. The van der Waals surface area contributed by atoms with Crippen molar-refractivity contribution in [2.45, 2.75) is 58.5 Å². The van der Waals surface area contributed by atoms with E-state index in [1.807, 2.05) is 19.1 Å². The summed E-state index contributed by atoms with van der Waals surface area (Å²) in [6.07, 6.45) is 1.94. The highest BCUT2D eigenvalue weighted by Gasteiger charge is 2.46. The number of fused-ring (bicyclic) bond motifs is 2. The summed E-state index contributed by atoms with van der Waals surface area (Å²) in [5, 5.41) is 12.9. The second-order valence-corrected chi connectivity index (χ2v) is 10.8. The zero-order valence-corrected chi connectivity index (χ0v) is 22.2. The Labute approximate surface area is 218 Å². The molecule has 2 aromatic rings. The van der Waals surface area contributed by atoms with Gasteiger partial charge in [-0.2, -0.15) is 0 Å². The maximum Gasteiger partial charge on any atom is 0.307 e. The van der Waals surface area contributed by atoms with E-state index in [1.54, 1.807) is 13.0 Å². The molecule has 0 radical (unpaired) electrons. The monoisotopic (exact) mass is 512 g/mol. The van der Waals surface area contributed by atoms with E-state index >= 15 is 4.39 Å². The minimum atomic E-state index is -0.862. The van der Waals surface area contributed by atoms with E-state index in [9.17, 15) is 14.3 Å². The molecule has 0 amide bonds. The SMILES string of the molecule is Cc1c(OCCNCCCF)ccc(F)c1[C@@H]1C2=C(CC(C)(C)N1C[C@H](C)C(=O)O)c1ccccc1C2. The van der Waals surface area contributed by atoms with E-state index in [-0.39, 0.29) is 18.0 Å². The summed E-state index contributed by atoms with van der Waals surface area (Å²) in [5.74, 6) is -1.18. The predicted octanol–water partition coefficient (Wildman–Crippen LogP) is 5.72. The van der Waals surface area contributed by atoms with Crippen LogP contribution in [0.5, 0.6) is 5.75 Å². The topological polar surface area (TPSA) is 61.8 Å². The van der Waals surface area contributed by atoms with Crippen LogP contribution in [-0.4, -0.2) is 54.4 Å². The van der Waals surface area contributed by atoms with Crippen LogP contribution in [-0.2, 0) is 11.2 Å². The van der Waals surface area contributed by atoms with E-state index in [0.717, 1.165) is 17.6 Å². The molecule has 7 heteroatoms. The second-order valence-electron chi connectivity index (χ2n) is 10.8. The molecule has 0 spiro atoms. The van der Waals surface area contributed by atoms with Crippen molar-refractivity contribution in [2.75, 3.05) is 32.9 Å². The molecule has 0 fully saturated rings. The first kappa shape index (κ1) is 27.3. The number of carboxylic acids is 1. The van der Waals surface area contributed by atoms with E-state index in [0.29, 0.717) is 50.4 Å². The minimum absolute atomic E-state index is 0.308. The molecule has 1 aliphatic carbocycles. The zero-order valence-electron chi connectivity index (χ0n) is 22.2. The maximum absolute atomic E-state index is 15.8. The van der Waals surface area contributed by atoms with Crippen LogP contribution in [0.4, 0.5) is 8.78 Å². The summed E-state index contributed by atoms with van der Waals surface area (Å²) in [6.45, 7) is 9.32. The number of nitrogens with zero attached hydrogens (tertiary/aromatic N) is 1. The lowest BCUT2D eigenvalue weighted by Crippen LogP contribution is -2.52. The molecule has 2 atom stereocenters. The van der Waals surface area contributed by atoms with Gasteiger partial charge in [0, 0.05) is 24.2 Å². The van der Waals surface area contributed by atoms with E-state index in [4.69, 9.17) is 4.74 Å². The number of nitrogens with one attached hydrogen (secondary N) is 1. The first-order chi connectivity index (χ1) is 17.7. The van der Waals surface area contributed by atoms with Gasteiger partial charge in [-0.15, -0.1) is 0 Å². The van der Waals surface area contributed by atoms with Crippen LogP contribution in [0.2, 0.25) is 0 Å². The second kappa shape index (κ2) is 11.3. The normalized spacial score (nSPS) is 19.5. The van der Waals surface area contributed by atoms with Gasteiger partial charge in [-0.3, -0.25) is 14.1 Å². The lowest BCUT2D eigenvalue weighted by atomic mass is 9.77. The summed E-state index contributed by atoms with van der Waals surface area (Å²) in [5.41, 5.74) is 5.71. The minimum Gasteiger partial charge on any atom is -0.492 e. The molecule has 1 heterocycles. The van der Waals surface area contributed by atoms with Gasteiger partial charge in [0.25, 0.3) is 0 Å². The van der Waals surface area contributed by atoms with Crippen LogP contribution in [0.3, 0.4) is 0 Å². The van der Waals surface area contributed by atoms with Crippen molar-refractivity contribution in [3.8, 4) is 5.75 Å². The Morgan fingerprint density at radius 3 is 2.73 bits per heavy atom. The lowest BCUT2D eigenvalue weighted by Gasteiger charge is -2.50. The molecule has 0 aromatic heterocycles. The fraction of sp³-hybridized carbons (Fsp3) is 0.500. The number of benzene rings is 2. The summed E-state index contributed by atoms with van der Waals surface area (Å²) in [7, 11) is 0. The van der Waals surface area contributed by atoms with Crippen LogP contribution >= 0.6 is 0 Å². The molecular weight excluding hydrogens is 474 g/mol. The van der Waals surface area contributed by atoms with Crippen molar-refractivity contribution >= 4 is 11.5 Å². The van der Waals surface area contributed by atoms with Crippen LogP contribution in [0.25, 0.3) is 5.57 Å². The summed E-state index contributed by atoms with van der Waals surface area (Å²) in [6, 6.07) is 11.0. The van der Waals surface area contributed by atoms with Gasteiger partial charge in [-0.05, 0) is 86.5 Å². The van der Waals surface area contributed by atoms with Crippen molar-refractivity contribution in [1.82, 2.24) is 10.2 Å². The van der Waals surface area contributed by atoms with E-state index in [1.165, 1.54) is 22.8 Å². The number of carboxylic acid groups (broad SMARTS) is 1. The Kier molecular flexibility index (Phi) is 8.34. The van der Waals surface area contributed by atoms with Gasteiger partial charge >= 0.3 is 5.97 Å². The molecule has 0 unspecified atom stereocenters. The van der Waals surface area contributed by atoms with Gasteiger partial charge < -0.3 is 15.2 Å². The quantitative estimate of drug-likeness (QED) is 0.377. The fourth-order valence-corrected chi connectivity index (χ4v) is 5.77. The first-order valence-electron chi connectivity index (χ1n) is 13.1. The van der Waals surface area contributed by atoms with Crippen molar-refractivity contribution in [3.05, 3.63) is 70.0 Å². The van der Waals surface area contributed by atoms with Gasteiger partial charge in [0.05, 0.1) is 18.6 Å². The lowest BCUT2D eigenvalue weighted by molar-refractivity contribution is -0.142. The third-order valence-electron chi connectivity index (χ3n) is 7.74. The smallest absolute Gasteiger partial charge is 0.307 e. The van der Waals surface area contributed by atoms with Gasteiger partial charge in [-0.25, -0.2) is 4.39 Å². The highest BCUT2D eigenvalue weighted by atomic mass is 19.1. The number of halogens is 2. The number of aliphatic carboxylic acids is 1. The number of rotatable bonds is 11. The highest BCUT2D eigenvalue weighted by molar-refractivity contribution is 5.79. The maximum atomic E-state index is 15.8. The van der Waals surface area contributed by atoms with Gasteiger partial charge in [0.2, 0.25) is 0 Å². The number of hydrogen-bond acceptors (Lipinski definition) is 4. The standard InChI is InChI=1S/C30H38F2N2O3/c1-19(29(35)36)18-34-28(23-16-21-8-5-6-9-22(21)24(23)17-30(34,3)4)27-20(2)26(11-10-25(27)32)37-15-14-33-13-7-12-31/h5-6,8-11,19,28,33H,7,12-18H2,1-4H3,(H,35,36)/t19-,28-/m0/s1. The Morgan fingerprint density at radius 1 is 1.24 bits per heavy atom. The van der Waals surface area contributed by atoms with Gasteiger partial charge in [-0.1, -0.05) is 31.2 Å². The molecule has 2 aromatic carbocycles. The van der Waals surface area contributed by atoms with E-state index in [2.05, 4.69) is 36.2 Å². The highest BCUT2D eigenvalue weighted by Crippen LogP contribution is 2.53. The summed E-state index contributed by atoms with van der Waals surface area (Å²) in [4.78, 5) is 14.1. The van der Waals surface area contributed by atoms with Crippen molar-refractivity contribution in [2.24, 2.45) is 5.92 Å². The molecule has 1 aliphatic heterocycles. The fourth-order valence-electron chi connectivity index (χ4n) is 5.77. The van der Waals surface area contributed by atoms with Crippen LogP contribution in [0.1, 0.15) is 61.9 Å². The van der Waals surface area contributed by atoms with Gasteiger partial charge in [0.1, 0.15) is 18.2 Å². The van der Waals surface area contributed by atoms with Crippen molar-refractivity contribution < 1.29 is 23.4 Å². The summed E-state index contributed by atoms with van der Waals surface area (Å²) >= 11 is 0. The van der Waals surface area contributed by atoms with E-state index < -0.39 is 17.9 Å². The number of hydrogen-bond donors (Lipinski definition) is 2.